The summed E-state index contributed by atoms with van der Waals surface area (Å²) in [6, 6.07) is 21.1. The Morgan fingerprint density at radius 2 is 1.76 bits per heavy atom. The molecule has 1 aliphatic rings. The molecule has 0 fully saturated rings. The number of nitrogens with one attached hydrogen (secondary N) is 1. The lowest BCUT2D eigenvalue weighted by molar-refractivity contribution is -0.125. The molecule has 0 unspecified atom stereocenters. The first kappa shape index (κ1) is 23.0. The van der Waals surface area contributed by atoms with Gasteiger partial charge in [0.2, 0.25) is 15.9 Å². The van der Waals surface area contributed by atoms with E-state index in [2.05, 4.69) is 5.32 Å². The van der Waals surface area contributed by atoms with E-state index in [1.807, 2.05) is 68.4 Å². The van der Waals surface area contributed by atoms with Crippen LogP contribution in [-0.2, 0) is 34.3 Å². The van der Waals surface area contributed by atoms with E-state index in [4.69, 9.17) is 4.74 Å². The highest BCUT2D eigenvalue weighted by Crippen LogP contribution is 2.30. The van der Waals surface area contributed by atoms with Crippen molar-refractivity contribution in [1.29, 1.82) is 0 Å². The van der Waals surface area contributed by atoms with Crippen molar-refractivity contribution in [2.45, 2.75) is 44.3 Å². The van der Waals surface area contributed by atoms with Crippen LogP contribution < -0.4 is 10.1 Å². The van der Waals surface area contributed by atoms with Crippen LogP contribution in [0, 0.1) is 6.92 Å². The van der Waals surface area contributed by atoms with Crippen molar-refractivity contribution in [2.75, 3.05) is 6.61 Å². The average Bonchev–Trinajstić information content (AvgIpc) is 2.82. The minimum atomic E-state index is -3.87. The van der Waals surface area contributed by atoms with Crippen LogP contribution in [0.25, 0.3) is 0 Å². The first-order valence-electron chi connectivity index (χ1n) is 11.0. The van der Waals surface area contributed by atoms with Crippen LogP contribution >= 0.6 is 0 Å². The molecule has 172 valence electrons. The second-order valence-corrected chi connectivity index (χ2v) is 10.0. The van der Waals surface area contributed by atoms with Gasteiger partial charge in [-0.2, -0.15) is 4.31 Å². The summed E-state index contributed by atoms with van der Waals surface area (Å²) >= 11 is 0. The Labute approximate surface area is 195 Å². The summed E-state index contributed by atoms with van der Waals surface area (Å²) < 4.78 is 34.2. The Morgan fingerprint density at radius 3 is 2.52 bits per heavy atom. The third kappa shape index (κ3) is 4.94. The molecule has 0 saturated heterocycles. The molecule has 0 spiro atoms. The first-order chi connectivity index (χ1) is 15.9. The molecular formula is C26H28N2O4S. The van der Waals surface area contributed by atoms with Gasteiger partial charge in [-0.3, -0.25) is 4.79 Å². The fraction of sp³-hybridized carbons (Fsp3) is 0.269. The maximum absolute atomic E-state index is 13.6. The number of hydrogen-bond acceptors (Lipinski definition) is 4. The SMILES string of the molecule is CCOc1ccccc1CNC(=O)[C@@H]1Cc2ccccc2CN1S(=O)(=O)c1cccc(C)c1. The number of rotatable bonds is 7. The molecule has 0 aromatic heterocycles. The Morgan fingerprint density at radius 1 is 1.03 bits per heavy atom. The molecule has 4 rings (SSSR count). The number of aryl methyl sites for hydroxylation is 1. The van der Waals surface area contributed by atoms with Gasteiger partial charge < -0.3 is 10.1 Å². The van der Waals surface area contributed by atoms with Crippen molar-refractivity contribution < 1.29 is 17.9 Å². The van der Waals surface area contributed by atoms with Gasteiger partial charge in [0, 0.05) is 18.7 Å². The largest absolute Gasteiger partial charge is 0.494 e. The number of sulfonamides is 1. The number of nitrogens with zero attached hydrogens (tertiary/aromatic N) is 1. The molecule has 0 saturated carbocycles. The normalized spacial score (nSPS) is 16.1. The molecule has 3 aromatic carbocycles. The van der Waals surface area contributed by atoms with Crippen LogP contribution in [0.1, 0.15) is 29.2 Å². The Hall–Kier alpha value is -3.16. The molecule has 0 aliphatic carbocycles. The Balaban J connectivity index is 1.63. The molecule has 33 heavy (non-hydrogen) atoms. The summed E-state index contributed by atoms with van der Waals surface area (Å²) in [5, 5.41) is 2.94. The van der Waals surface area contributed by atoms with Gasteiger partial charge in [0.05, 0.1) is 11.5 Å². The van der Waals surface area contributed by atoms with Crippen LogP contribution in [0.15, 0.2) is 77.7 Å². The monoisotopic (exact) mass is 464 g/mol. The zero-order valence-corrected chi connectivity index (χ0v) is 19.6. The highest BCUT2D eigenvalue weighted by Gasteiger charge is 2.39. The highest BCUT2D eigenvalue weighted by molar-refractivity contribution is 7.89. The van der Waals surface area contributed by atoms with Gasteiger partial charge in [0.25, 0.3) is 0 Å². The maximum atomic E-state index is 13.6. The molecule has 0 radical (unpaired) electrons. The second kappa shape index (κ2) is 9.77. The molecule has 1 N–H and O–H groups in total. The number of carbonyl (C=O) groups excluding carboxylic acids is 1. The van der Waals surface area contributed by atoms with E-state index in [1.165, 1.54) is 4.31 Å². The van der Waals surface area contributed by atoms with E-state index in [-0.39, 0.29) is 23.9 Å². The lowest BCUT2D eigenvalue weighted by atomic mass is 9.95. The van der Waals surface area contributed by atoms with Gasteiger partial charge in [-0.05, 0) is 55.2 Å². The molecule has 1 heterocycles. The van der Waals surface area contributed by atoms with Gasteiger partial charge in [-0.15, -0.1) is 0 Å². The molecular weight excluding hydrogens is 436 g/mol. The van der Waals surface area contributed by atoms with E-state index in [0.29, 0.717) is 18.8 Å². The van der Waals surface area contributed by atoms with E-state index >= 15 is 0 Å². The van der Waals surface area contributed by atoms with Crippen LogP contribution in [0.5, 0.6) is 5.75 Å². The number of fused-ring (bicyclic) bond motifs is 1. The molecule has 1 amide bonds. The predicted octanol–water partition coefficient (Wildman–Crippen LogP) is 3.83. The van der Waals surface area contributed by atoms with Crippen molar-refractivity contribution in [3.8, 4) is 5.75 Å². The zero-order valence-electron chi connectivity index (χ0n) is 18.8. The van der Waals surface area contributed by atoms with Crippen molar-refractivity contribution in [2.24, 2.45) is 0 Å². The average molecular weight is 465 g/mol. The maximum Gasteiger partial charge on any atom is 0.244 e. The summed E-state index contributed by atoms with van der Waals surface area (Å²) in [4.78, 5) is 13.5. The Bertz CT molecular complexity index is 1260. The lowest BCUT2D eigenvalue weighted by Gasteiger charge is -2.35. The lowest BCUT2D eigenvalue weighted by Crippen LogP contribution is -2.52. The molecule has 1 aliphatic heterocycles. The van der Waals surface area contributed by atoms with Gasteiger partial charge in [-0.25, -0.2) is 8.42 Å². The molecule has 3 aromatic rings. The molecule has 7 heteroatoms. The topological polar surface area (TPSA) is 75.7 Å². The van der Waals surface area contributed by atoms with Crippen molar-refractivity contribution in [3.63, 3.8) is 0 Å². The van der Waals surface area contributed by atoms with Crippen molar-refractivity contribution >= 4 is 15.9 Å². The number of amides is 1. The number of hydrogen-bond donors (Lipinski definition) is 1. The minimum Gasteiger partial charge on any atom is -0.494 e. The molecule has 1 atom stereocenters. The third-order valence-electron chi connectivity index (χ3n) is 5.83. The van der Waals surface area contributed by atoms with Crippen LogP contribution in [0.4, 0.5) is 0 Å². The van der Waals surface area contributed by atoms with Gasteiger partial charge in [0.15, 0.2) is 0 Å². The van der Waals surface area contributed by atoms with E-state index in [1.54, 1.807) is 18.2 Å². The number of ether oxygens (including phenoxy) is 1. The van der Waals surface area contributed by atoms with Crippen molar-refractivity contribution in [3.05, 3.63) is 95.1 Å². The van der Waals surface area contributed by atoms with E-state index in [0.717, 1.165) is 22.3 Å². The summed E-state index contributed by atoms with van der Waals surface area (Å²) in [6.45, 7) is 4.69. The fourth-order valence-corrected chi connectivity index (χ4v) is 5.80. The summed E-state index contributed by atoms with van der Waals surface area (Å²) in [5.74, 6) is 0.380. The van der Waals surface area contributed by atoms with Gasteiger partial charge >= 0.3 is 0 Å². The minimum absolute atomic E-state index is 0.153. The molecule has 6 nitrogen and oxygen atoms in total. The number of carbonyl (C=O) groups is 1. The van der Waals surface area contributed by atoms with Gasteiger partial charge in [0.1, 0.15) is 11.8 Å². The standard InChI is InChI=1S/C26H28N2O4S/c1-3-32-25-14-7-6-11-21(25)17-27-26(29)24-16-20-10-4-5-12-22(20)18-28(24)33(30,31)23-13-8-9-19(2)15-23/h4-15,24H,3,16-18H2,1-2H3,(H,27,29)/t24-/m0/s1. The van der Waals surface area contributed by atoms with E-state index < -0.39 is 16.1 Å². The van der Waals surface area contributed by atoms with Crippen LogP contribution in [-0.4, -0.2) is 31.3 Å². The van der Waals surface area contributed by atoms with Crippen molar-refractivity contribution in [1.82, 2.24) is 9.62 Å². The van der Waals surface area contributed by atoms with Crippen LogP contribution in [0.2, 0.25) is 0 Å². The van der Waals surface area contributed by atoms with Gasteiger partial charge in [-0.1, -0.05) is 54.6 Å². The smallest absolute Gasteiger partial charge is 0.244 e. The predicted molar refractivity (Wildman–Crippen MR) is 127 cm³/mol. The summed E-state index contributed by atoms with van der Waals surface area (Å²) in [6.07, 6.45) is 0.320. The summed E-state index contributed by atoms with van der Waals surface area (Å²) in [5.41, 5.74) is 3.60. The quantitative estimate of drug-likeness (QED) is 0.577. The third-order valence-corrected chi connectivity index (χ3v) is 7.68. The number of para-hydroxylation sites is 1. The fourth-order valence-electron chi connectivity index (χ4n) is 4.13. The summed E-state index contributed by atoms with van der Waals surface area (Å²) in [7, 11) is -3.87. The molecule has 0 bridgehead atoms. The Kier molecular flexibility index (Phi) is 6.81. The second-order valence-electron chi connectivity index (χ2n) is 8.11. The highest BCUT2D eigenvalue weighted by atomic mass is 32.2. The van der Waals surface area contributed by atoms with Crippen LogP contribution in [0.3, 0.4) is 0 Å². The first-order valence-corrected chi connectivity index (χ1v) is 12.5. The number of benzene rings is 3. The zero-order chi connectivity index (χ0) is 23.4. The van der Waals surface area contributed by atoms with E-state index in [9.17, 15) is 13.2 Å².